The molecule has 3 aromatic heterocycles. The van der Waals surface area contributed by atoms with Gasteiger partial charge in [0.2, 0.25) is 0 Å². The first kappa shape index (κ1) is 31.3. The van der Waals surface area contributed by atoms with Crippen LogP contribution in [0.25, 0.3) is 61.2 Å². The first-order valence-electron chi connectivity index (χ1n) is 16.5. The van der Waals surface area contributed by atoms with Crippen molar-refractivity contribution >= 4 is 38.5 Å². The molecule has 4 nitrogen and oxygen atoms in total. The van der Waals surface area contributed by atoms with Crippen molar-refractivity contribution in [3.05, 3.63) is 126 Å². The van der Waals surface area contributed by atoms with Crippen molar-refractivity contribution in [2.75, 3.05) is 0 Å². The van der Waals surface area contributed by atoms with Crippen molar-refractivity contribution in [1.29, 1.82) is 0 Å². The van der Waals surface area contributed by atoms with Crippen molar-refractivity contribution in [2.24, 2.45) is 5.92 Å². The summed E-state index contributed by atoms with van der Waals surface area (Å²) in [6.45, 7) is 7.38. The van der Waals surface area contributed by atoms with Gasteiger partial charge in [0.25, 0.3) is 0 Å². The SMILES string of the molecule is Cc1ccc2c(c1)oc1c(-c3cc(C(C)C)ccn3)[c-]ccc12.[Ir].[c-]1ccccc1-c1nc2cccc3c2n1CC=C3C1CCCC1. The van der Waals surface area contributed by atoms with Crippen LogP contribution in [0.5, 0.6) is 0 Å². The van der Waals surface area contributed by atoms with E-state index in [0.29, 0.717) is 5.92 Å². The summed E-state index contributed by atoms with van der Waals surface area (Å²) in [6.07, 6.45) is 9.74. The van der Waals surface area contributed by atoms with Gasteiger partial charge in [-0.1, -0.05) is 79.6 Å². The number of furan rings is 1. The fourth-order valence-corrected chi connectivity index (χ4v) is 7.24. The summed E-state index contributed by atoms with van der Waals surface area (Å²) < 4.78 is 8.50. The van der Waals surface area contributed by atoms with Crippen molar-refractivity contribution < 1.29 is 24.5 Å². The Morgan fingerprint density at radius 2 is 1.77 bits per heavy atom. The number of fused-ring (bicyclic) bond motifs is 3. The summed E-state index contributed by atoms with van der Waals surface area (Å²) in [5.74, 6) is 2.25. The van der Waals surface area contributed by atoms with Crippen LogP contribution in [-0.4, -0.2) is 14.5 Å². The molecule has 9 rings (SSSR count). The molecule has 0 amide bonds. The van der Waals surface area contributed by atoms with Gasteiger partial charge in [-0.05, 0) is 66.6 Å². The number of aryl methyl sites for hydroxylation is 1. The maximum atomic E-state index is 6.15. The average molecular weight is 792 g/mol. The minimum absolute atomic E-state index is 0. The fraction of sp³-hybridized carbons (Fsp3) is 0.238. The van der Waals surface area contributed by atoms with Crippen LogP contribution >= 0.6 is 0 Å². The Hall–Kier alpha value is -4.31. The smallest absolute Gasteiger partial charge is 0.121 e. The first-order chi connectivity index (χ1) is 22.5. The topological polar surface area (TPSA) is 43.9 Å². The van der Waals surface area contributed by atoms with Crippen LogP contribution in [0.2, 0.25) is 0 Å². The molecule has 1 saturated carbocycles. The zero-order chi connectivity index (χ0) is 31.2. The standard InChI is InChI=1S/C21H19N2.C21H18NO.Ir/c1-2-9-16(10-3-1)21-22-19-12-6-11-18-17(15-7-4-5-8-15)13-14-23(21)20(18)19;1-13(2)15-9-10-22-19(12-15)18-6-4-5-17-16-8-7-14(3)11-20(16)23-21(17)18;/h1-3,6,9,11-13,15H,4-5,7-8,14H2;4-5,7-13H,1-3H3;/q2*-1;. The molecule has 1 radical (unpaired) electrons. The van der Waals surface area contributed by atoms with E-state index in [1.807, 2.05) is 24.4 Å². The number of aromatic nitrogens is 3. The van der Waals surface area contributed by atoms with Crippen LogP contribution < -0.4 is 0 Å². The molecule has 47 heavy (non-hydrogen) atoms. The second-order valence-corrected chi connectivity index (χ2v) is 13.0. The van der Waals surface area contributed by atoms with E-state index in [4.69, 9.17) is 9.40 Å². The van der Waals surface area contributed by atoms with Crippen molar-refractivity contribution in [3.8, 4) is 22.6 Å². The molecular formula is C42H37IrN3O-2. The Bertz CT molecular complexity index is 2240. The fourth-order valence-electron chi connectivity index (χ4n) is 7.24. The van der Waals surface area contributed by atoms with Gasteiger partial charge in [0.05, 0.1) is 22.4 Å². The molecule has 4 heterocycles. The van der Waals surface area contributed by atoms with E-state index in [1.54, 1.807) is 5.57 Å². The largest absolute Gasteiger partial charge is 0.501 e. The average Bonchev–Trinajstić information content (AvgIpc) is 3.84. The Morgan fingerprint density at radius 1 is 0.894 bits per heavy atom. The molecule has 0 atom stereocenters. The van der Waals surface area contributed by atoms with Crippen LogP contribution in [0.3, 0.4) is 0 Å². The van der Waals surface area contributed by atoms with Crippen LogP contribution in [-0.2, 0) is 26.7 Å². The number of hydrogen-bond acceptors (Lipinski definition) is 3. The third-order valence-electron chi connectivity index (χ3n) is 9.61. The van der Waals surface area contributed by atoms with E-state index in [0.717, 1.165) is 62.6 Å². The van der Waals surface area contributed by atoms with Gasteiger partial charge in [-0.25, -0.2) is 0 Å². The number of pyridine rings is 1. The minimum atomic E-state index is 0. The normalized spacial score (nSPS) is 14.3. The number of para-hydroxylation sites is 1. The van der Waals surface area contributed by atoms with Crippen LogP contribution in [0.4, 0.5) is 0 Å². The predicted molar refractivity (Wildman–Crippen MR) is 189 cm³/mol. The molecule has 1 aliphatic carbocycles. The third kappa shape index (κ3) is 5.77. The van der Waals surface area contributed by atoms with E-state index < -0.39 is 0 Å². The van der Waals surface area contributed by atoms with Crippen LogP contribution in [0, 0.1) is 25.0 Å². The molecule has 0 N–H and O–H groups in total. The second kappa shape index (κ2) is 13.1. The minimum Gasteiger partial charge on any atom is -0.501 e. The number of rotatable bonds is 4. The van der Waals surface area contributed by atoms with E-state index in [1.165, 1.54) is 47.9 Å². The summed E-state index contributed by atoms with van der Waals surface area (Å²) >= 11 is 0. The number of allylic oxidation sites excluding steroid dienone is 2. The maximum absolute atomic E-state index is 6.15. The molecule has 4 aromatic carbocycles. The van der Waals surface area contributed by atoms with Gasteiger partial charge in [0, 0.05) is 43.8 Å². The Balaban J connectivity index is 0.000000146. The zero-order valence-electron chi connectivity index (χ0n) is 27.0. The zero-order valence-corrected chi connectivity index (χ0v) is 29.4. The van der Waals surface area contributed by atoms with E-state index in [-0.39, 0.29) is 20.1 Å². The summed E-state index contributed by atoms with van der Waals surface area (Å²) in [5, 5.41) is 2.26. The van der Waals surface area contributed by atoms with Gasteiger partial charge in [-0.15, -0.1) is 54.1 Å². The molecule has 7 aromatic rings. The molecule has 1 aliphatic heterocycles. The molecule has 0 bridgehead atoms. The number of benzene rings is 4. The molecule has 5 heteroatoms. The van der Waals surface area contributed by atoms with E-state index >= 15 is 0 Å². The Labute approximate surface area is 289 Å². The molecule has 0 spiro atoms. The van der Waals surface area contributed by atoms with Gasteiger partial charge in [-0.2, -0.15) is 0 Å². The maximum Gasteiger partial charge on any atom is 0.121 e. The number of hydrogen-bond donors (Lipinski definition) is 0. The summed E-state index contributed by atoms with van der Waals surface area (Å²) in [6, 6.07) is 35.9. The molecule has 0 saturated heterocycles. The number of imidazole rings is 1. The monoisotopic (exact) mass is 792 g/mol. The van der Waals surface area contributed by atoms with E-state index in [2.05, 4.69) is 115 Å². The first-order valence-corrected chi connectivity index (χ1v) is 16.5. The number of nitrogens with zero attached hydrogens (tertiary/aromatic N) is 3. The Kier molecular flexibility index (Phi) is 8.70. The van der Waals surface area contributed by atoms with Gasteiger partial charge in [-0.3, -0.25) is 4.98 Å². The van der Waals surface area contributed by atoms with E-state index in [9.17, 15) is 0 Å². The summed E-state index contributed by atoms with van der Waals surface area (Å²) in [4.78, 5) is 9.45. The van der Waals surface area contributed by atoms with Crippen LogP contribution in [0.15, 0.2) is 102 Å². The van der Waals surface area contributed by atoms with Gasteiger partial charge < -0.3 is 14.0 Å². The van der Waals surface area contributed by atoms with Gasteiger partial charge >= 0.3 is 0 Å². The summed E-state index contributed by atoms with van der Waals surface area (Å²) in [7, 11) is 0. The van der Waals surface area contributed by atoms with Crippen LogP contribution in [0.1, 0.15) is 62.1 Å². The predicted octanol–water partition coefficient (Wildman–Crippen LogP) is 11.0. The summed E-state index contributed by atoms with van der Waals surface area (Å²) in [5.41, 5.74) is 12.5. The Morgan fingerprint density at radius 3 is 2.57 bits per heavy atom. The molecular weight excluding hydrogens is 755 g/mol. The van der Waals surface area contributed by atoms with Crippen molar-refractivity contribution in [3.63, 3.8) is 0 Å². The molecule has 237 valence electrons. The molecule has 2 aliphatic rings. The second-order valence-electron chi connectivity index (χ2n) is 13.0. The van der Waals surface area contributed by atoms with Gasteiger partial charge in [0.1, 0.15) is 5.58 Å². The van der Waals surface area contributed by atoms with Crippen molar-refractivity contribution in [1.82, 2.24) is 14.5 Å². The van der Waals surface area contributed by atoms with Crippen molar-refractivity contribution in [2.45, 2.75) is 58.9 Å². The molecule has 0 unspecified atom stereocenters. The van der Waals surface area contributed by atoms with Gasteiger partial charge in [0.15, 0.2) is 0 Å². The third-order valence-corrected chi connectivity index (χ3v) is 9.61. The molecule has 1 fully saturated rings. The quantitative estimate of drug-likeness (QED) is 0.167.